The van der Waals surface area contributed by atoms with E-state index in [2.05, 4.69) is 15.0 Å². The van der Waals surface area contributed by atoms with Gasteiger partial charge in [0.25, 0.3) is 0 Å². The summed E-state index contributed by atoms with van der Waals surface area (Å²) < 4.78 is 4.94. The molecule has 0 unspecified atom stereocenters. The Morgan fingerprint density at radius 2 is 2.06 bits per heavy atom. The summed E-state index contributed by atoms with van der Waals surface area (Å²) in [7, 11) is 0. The number of ether oxygens (including phenoxy) is 1. The molecule has 86 valence electrons. The zero-order valence-electron chi connectivity index (χ0n) is 9.36. The molecule has 2 aromatic rings. The van der Waals surface area contributed by atoms with Crippen LogP contribution >= 0.6 is 0 Å². The van der Waals surface area contributed by atoms with Crippen LogP contribution in [0.15, 0.2) is 12.5 Å². The van der Waals surface area contributed by atoms with E-state index < -0.39 is 0 Å². The monoisotopic (exact) mass is 220 g/mol. The van der Waals surface area contributed by atoms with E-state index in [-0.39, 0.29) is 0 Å². The standard InChI is InChI=1S/C7H8N4.C4H8O/c1-4-2-9-7-5(4)6(8)10-3-11-7;1-2-4-5-3-1/h2-3H,1H3,(H3,8,9,10,11);1-4H2. The molecule has 5 nitrogen and oxygen atoms in total. The number of fused-ring (bicyclic) bond motifs is 1. The van der Waals surface area contributed by atoms with Gasteiger partial charge in [0.05, 0.1) is 5.39 Å². The Morgan fingerprint density at radius 1 is 1.31 bits per heavy atom. The van der Waals surface area contributed by atoms with E-state index in [0.29, 0.717) is 5.82 Å². The zero-order chi connectivity index (χ0) is 11.4. The van der Waals surface area contributed by atoms with E-state index >= 15 is 0 Å². The van der Waals surface area contributed by atoms with Crippen molar-refractivity contribution in [3.63, 3.8) is 0 Å². The van der Waals surface area contributed by atoms with Gasteiger partial charge in [0.2, 0.25) is 0 Å². The molecule has 1 aliphatic rings. The summed E-state index contributed by atoms with van der Waals surface area (Å²) >= 11 is 0. The summed E-state index contributed by atoms with van der Waals surface area (Å²) in [6, 6.07) is 0. The number of nitrogen functional groups attached to an aromatic ring is 1. The number of nitrogens with two attached hydrogens (primary N) is 1. The van der Waals surface area contributed by atoms with Gasteiger partial charge in [-0.2, -0.15) is 0 Å². The first-order valence-electron chi connectivity index (χ1n) is 5.41. The Morgan fingerprint density at radius 3 is 2.62 bits per heavy atom. The molecule has 1 aliphatic heterocycles. The molecule has 3 rings (SSSR count). The second-order valence-electron chi connectivity index (χ2n) is 3.77. The third kappa shape index (κ3) is 2.30. The fourth-order valence-electron chi connectivity index (χ4n) is 1.66. The van der Waals surface area contributed by atoms with Crippen LogP contribution in [-0.4, -0.2) is 28.2 Å². The summed E-state index contributed by atoms with van der Waals surface area (Å²) in [6.45, 7) is 3.97. The van der Waals surface area contributed by atoms with E-state index in [0.717, 1.165) is 29.8 Å². The highest BCUT2D eigenvalue weighted by Gasteiger charge is 2.03. The van der Waals surface area contributed by atoms with E-state index in [9.17, 15) is 0 Å². The van der Waals surface area contributed by atoms with E-state index in [1.807, 2.05) is 13.1 Å². The number of rotatable bonds is 0. The lowest BCUT2D eigenvalue weighted by Crippen LogP contribution is -1.91. The number of H-pyrrole nitrogens is 1. The SMILES string of the molecule is C1CCOC1.Cc1c[nH]c2ncnc(N)c12. The van der Waals surface area contributed by atoms with Gasteiger partial charge in [-0.3, -0.25) is 0 Å². The molecular formula is C11H16N4O. The topological polar surface area (TPSA) is 76.8 Å². The van der Waals surface area contributed by atoms with Gasteiger partial charge in [-0.1, -0.05) is 0 Å². The molecule has 0 bridgehead atoms. The molecular weight excluding hydrogens is 204 g/mol. The lowest BCUT2D eigenvalue weighted by Gasteiger charge is -1.93. The maximum absolute atomic E-state index is 5.63. The highest BCUT2D eigenvalue weighted by atomic mass is 16.5. The molecule has 0 saturated carbocycles. The summed E-state index contributed by atoms with van der Waals surface area (Å²) in [5, 5.41) is 0.924. The van der Waals surface area contributed by atoms with Crippen molar-refractivity contribution in [1.29, 1.82) is 0 Å². The summed E-state index contributed by atoms with van der Waals surface area (Å²) in [5.41, 5.74) is 7.51. The third-order valence-electron chi connectivity index (χ3n) is 2.52. The van der Waals surface area contributed by atoms with Crippen molar-refractivity contribution >= 4 is 16.9 Å². The number of hydrogen-bond acceptors (Lipinski definition) is 4. The number of aromatic nitrogens is 3. The Bertz CT molecular complexity index is 454. The first-order chi connectivity index (χ1) is 7.79. The number of anilines is 1. The Labute approximate surface area is 94.0 Å². The van der Waals surface area contributed by atoms with Gasteiger partial charge >= 0.3 is 0 Å². The van der Waals surface area contributed by atoms with Gasteiger partial charge in [-0.05, 0) is 25.3 Å². The molecule has 0 radical (unpaired) electrons. The average Bonchev–Trinajstić information content (AvgIpc) is 2.92. The number of aryl methyl sites for hydroxylation is 1. The van der Waals surface area contributed by atoms with Crippen molar-refractivity contribution in [2.45, 2.75) is 19.8 Å². The largest absolute Gasteiger partial charge is 0.383 e. The smallest absolute Gasteiger partial charge is 0.143 e. The zero-order valence-corrected chi connectivity index (χ0v) is 9.36. The van der Waals surface area contributed by atoms with Crippen LogP contribution in [0.1, 0.15) is 18.4 Å². The normalized spacial score (nSPS) is 14.8. The van der Waals surface area contributed by atoms with Crippen LogP contribution in [-0.2, 0) is 4.74 Å². The van der Waals surface area contributed by atoms with E-state index in [1.54, 1.807) is 0 Å². The quantitative estimate of drug-likeness (QED) is 0.707. The summed E-state index contributed by atoms with van der Waals surface area (Å²) in [5.74, 6) is 0.536. The van der Waals surface area contributed by atoms with Crippen LogP contribution in [0, 0.1) is 6.92 Å². The minimum atomic E-state index is 0.536. The maximum atomic E-state index is 5.63. The molecule has 1 fully saturated rings. The Kier molecular flexibility index (Phi) is 3.36. The second kappa shape index (κ2) is 4.94. The highest BCUT2D eigenvalue weighted by molar-refractivity contribution is 5.88. The van der Waals surface area contributed by atoms with Crippen LogP contribution in [0.4, 0.5) is 5.82 Å². The molecule has 5 heteroatoms. The van der Waals surface area contributed by atoms with Crippen LogP contribution in [0.5, 0.6) is 0 Å². The Balaban J connectivity index is 0.000000162. The second-order valence-corrected chi connectivity index (χ2v) is 3.77. The number of nitrogens with one attached hydrogen (secondary N) is 1. The van der Waals surface area contributed by atoms with Crippen LogP contribution < -0.4 is 5.73 Å². The van der Waals surface area contributed by atoms with Crippen molar-refractivity contribution in [1.82, 2.24) is 15.0 Å². The molecule has 0 spiro atoms. The fourth-order valence-corrected chi connectivity index (χ4v) is 1.66. The van der Waals surface area contributed by atoms with Gasteiger partial charge in [0, 0.05) is 19.4 Å². The molecule has 0 aromatic carbocycles. The first-order valence-corrected chi connectivity index (χ1v) is 5.41. The Hall–Kier alpha value is -1.62. The van der Waals surface area contributed by atoms with Gasteiger partial charge in [0.15, 0.2) is 0 Å². The third-order valence-corrected chi connectivity index (χ3v) is 2.52. The summed E-state index contributed by atoms with van der Waals surface area (Å²) in [6.07, 6.45) is 5.88. The lowest BCUT2D eigenvalue weighted by molar-refractivity contribution is 0.198. The maximum Gasteiger partial charge on any atom is 0.143 e. The molecule has 3 heterocycles. The summed E-state index contributed by atoms with van der Waals surface area (Å²) in [4.78, 5) is 10.9. The average molecular weight is 220 g/mol. The number of nitrogens with zero attached hydrogens (tertiary/aromatic N) is 2. The van der Waals surface area contributed by atoms with Crippen molar-refractivity contribution in [2.24, 2.45) is 0 Å². The predicted molar refractivity (Wildman–Crippen MR) is 63.1 cm³/mol. The molecule has 0 amide bonds. The molecule has 3 N–H and O–H groups in total. The fraction of sp³-hybridized carbons (Fsp3) is 0.455. The van der Waals surface area contributed by atoms with Crippen molar-refractivity contribution in [3.8, 4) is 0 Å². The number of hydrogen-bond donors (Lipinski definition) is 2. The van der Waals surface area contributed by atoms with Crippen molar-refractivity contribution in [3.05, 3.63) is 18.1 Å². The minimum absolute atomic E-state index is 0.536. The predicted octanol–water partition coefficient (Wildman–Crippen LogP) is 1.65. The highest BCUT2D eigenvalue weighted by Crippen LogP contribution is 2.18. The van der Waals surface area contributed by atoms with Crippen molar-refractivity contribution in [2.75, 3.05) is 18.9 Å². The van der Waals surface area contributed by atoms with E-state index in [1.165, 1.54) is 19.2 Å². The number of aromatic amines is 1. The first kappa shape index (κ1) is 10.9. The molecule has 0 aliphatic carbocycles. The van der Waals surface area contributed by atoms with Crippen LogP contribution in [0.25, 0.3) is 11.0 Å². The molecule has 16 heavy (non-hydrogen) atoms. The van der Waals surface area contributed by atoms with Gasteiger partial charge < -0.3 is 15.5 Å². The van der Waals surface area contributed by atoms with Crippen LogP contribution in [0.3, 0.4) is 0 Å². The van der Waals surface area contributed by atoms with Gasteiger partial charge in [0.1, 0.15) is 17.8 Å². The van der Waals surface area contributed by atoms with Crippen LogP contribution in [0.2, 0.25) is 0 Å². The van der Waals surface area contributed by atoms with Gasteiger partial charge in [-0.15, -0.1) is 0 Å². The molecule has 0 atom stereocenters. The minimum Gasteiger partial charge on any atom is -0.383 e. The lowest BCUT2D eigenvalue weighted by atomic mass is 10.2. The molecule has 1 saturated heterocycles. The van der Waals surface area contributed by atoms with Crippen molar-refractivity contribution < 1.29 is 4.74 Å². The van der Waals surface area contributed by atoms with E-state index in [4.69, 9.17) is 10.5 Å². The molecule has 2 aromatic heterocycles. The van der Waals surface area contributed by atoms with Gasteiger partial charge in [-0.25, -0.2) is 9.97 Å².